The first kappa shape index (κ1) is 24.8. The van der Waals surface area contributed by atoms with Gasteiger partial charge in [0.2, 0.25) is 21.1 Å². The van der Waals surface area contributed by atoms with E-state index in [1.54, 1.807) is 11.8 Å². The zero-order chi connectivity index (χ0) is 23.0. The number of ether oxygens (including phenoxy) is 1. The Balaban J connectivity index is 2.05. The Morgan fingerprint density at radius 2 is 2.13 bits per heavy atom. The van der Waals surface area contributed by atoms with Crippen LogP contribution in [0.1, 0.15) is 26.2 Å². The molecule has 0 bridgehead atoms. The maximum absolute atomic E-state index is 12.3. The topological polar surface area (TPSA) is 145 Å². The van der Waals surface area contributed by atoms with Crippen LogP contribution >= 0.6 is 23.1 Å². The number of sulfonamides is 1. The number of nitrogens with zero attached hydrogens (tertiary/aromatic N) is 4. The number of methoxy groups -OCH3 is 1. The van der Waals surface area contributed by atoms with Crippen LogP contribution in [0.5, 0.6) is 5.75 Å². The normalized spacial score (nSPS) is 11.2. The molecule has 1 amide bonds. The van der Waals surface area contributed by atoms with Crippen molar-refractivity contribution < 1.29 is 22.9 Å². The molecule has 1 aromatic heterocycles. The molecule has 0 saturated heterocycles. The largest absolute Gasteiger partial charge is 0.495 e. The lowest BCUT2D eigenvalue weighted by Crippen LogP contribution is -2.32. The van der Waals surface area contributed by atoms with Gasteiger partial charge in [0, 0.05) is 30.9 Å². The Kier molecular flexibility index (Phi) is 9.00. The number of nitro groups is 1. The number of amides is 1. The van der Waals surface area contributed by atoms with Crippen molar-refractivity contribution in [2.75, 3.05) is 35.3 Å². The van der Waals surface area contributed by atoms with Gasteiger partial charge in [-0.3, -0.25) is 19.2 Å². The molecule has 2 aromatic rings. The van der Waals surface area contributed by atoms with Crippen LogP contribution in [0.3, 0.4) is 0 Å². The fraction of sp³-hybridized carbons (Fsp3) is 0.471. The van der Waals surface area contributed by atoms with Gasteiger partial charge in [-0.2, -0.15) is 0 Å². The number of nitrogens with one attached hydrogen (secondary N) is 1. The smallest absolute Gasteiger partial charge is 0.271 e. The predicted octanol–water partition coefficient (Wildman–Crippen LogP) is 3.14. The highest BCUT2D eigenvalue weighted by molar-refractivity contribution is 8.01. The zero-order valence-corrected chi connectivity index (χ0v) is 19.7. The fourth-order valence-corrected chi connectivity index (χ4v) is 5.18. The Morgan fingerprint density at radius 3 is 2.74 bits per heavy atom. The van der Waals surface area contributed by atoms with Gasteiger partial charge in [0.05, 0.1) is 18.3 Å². The number of rotatable bonds is 12. The van der Waals surface area contributed by atoms with Crippen LogP contribution in [0.2, 0.25) is 0 Å². The molecule has 0 saturated carbocycles. The van der Waals surface area contributed by atoms with Crippen molar-refractivity contribution >= 4 is 55.5 Å². The number of non-ortho nitro benzene ring substituents is 1. The van der Waals surface area contributed by atoms with Gasteiger partial charge in [0.25, 0.3) is 5.69 Å². The van der Waals surface area contributed by atoms with Crippen molar-refractivity contribution in [2.24, 2.45) is 0 Å². The van der Waals surface area contributed by atoms with Crippen LogP contribution in [0.4, 0.5) is 16.5 Å². The molecule has 0 aliphatic carbocycles. The van der Waals surface area contributed by atoms with Gasteiger partial charge in [0.15, 0.2) is 4.34 Å². The van der Waals surface area contributed by atoms with Crippen molar-refractivity contribution in [2.45, 2.75) is 30.5 Å². The van der Waals surface area contributed by atoms with E-state index in [0.29, 0.717) is 5.13 Å². The van der Waals surface area contributed by atoms with Crippen molar-refractivity contribution in [1.82, 2.24) is 10.2 Å². The average Bonchev–Trinajstić information content (AvgIpc) is 3.15. The molecule has 0 fully saturated rings. The highest BCUT2D eigenvalue weighted by Crippen LogP contribution is 2.34. The molecule has 0 unspecified atom stereocenters. The first-order chi connectivity index (χ1) is 14.7. The number of nitro benzene ring substituents is 1. The van der Waals surface area contributed by atoms with E-state index in [-0.39, 0.29) is 42.4 Å². The summed E-state index contributed by atoms with van der Waals surface area (Å²) in [5.74, 6) is 0.750. The Hall–Kier alpha value is -2.45. The second-order valence-corrected chi connectivity index (χ2v) is 10.5. The van der Waals surface area contributed by atoms with Crippen molar-refractivity contribution in [3.8, 4) is 5.75 Å². The maximum atomic E-state index is 12.3. The second kappa shape index (κ2) is 11.2. The first-order valence-electron chi connectivity index (χ1n) is 9.22. The molecule has 1 aromatic carbocycles. The number of carbonyl (C=O) groups is 1. The molecular formula is C17H23N5O6S3. The standard InChI is InChI=1S/C17H23N5O6S3/c1-4-10-29-17-20-19-16(30-17)18-15(23)6-5-9-21(31(3,26)27)13-11-12(22(24)25)7-8-14(13)28-2/h7-8,11H,4-6,9-10H2,1-3H3,(H,18,19,23). The van der Waals surface area contributed by atoms with Crippen LogP contribution in [0, 0.1) is 10.1 Å². The summed E-state index contributed by atoms with van der Waals surface area (Å²) in [5.41, 5.74) is -0.225. The first-order valence-corrected chi connectivity index (χ1v) is 12.9. The number of benzene rings is 1. The highest BCUT2D eigenvalue weighted by Gasteiger charge is 2.24. The van der Waals surface area contributed by atoms with Crippen molar-refractivity contribution in [3.63, 3.8) is 0 Å². The number of thioether (sulfide) groups is 1. The molecule has 1 N–H and O–H groups in total. The minimum absolute atomic E-state index is 0.0281. The van der Waals surface area contributed by atoms with Gasteiger partial charge < -0.3 is 10.1 Å². The summed E-state index contributed by atoms with van der Waals surface area (Å²) in [7, 11) is -2.44. The van der Waals surface area contributed by atoms with E-state index in [1.807, 2.05) is 0 Å². The van der Waals surface area contributed by atoms with Gasteiger partial charge >= 0.3 is 0 Å². The summed E-state index contributed by atoms with van der Waals surface area (Å²) in [6.45, 7) is 2.00. The number of aromatic nitrogens is 2. The van der Waals surface area contributed by atoms with Gasteiger partial charge in [0.1, 0.15) is 11.4 Å². The molecule has 1 heterocycles. The molecule has 0 aliphatic rings. The lowest BCUT2D eigenvalue weighted by Gasteiger charge is -2.24. The number of hydrogen-bond acceptors (Lipinski definition) is 10. The molecule has 0 aliphatic heterocycles. The van der Waals surface area contributed by atoms with Crippen molar-refractivity contribution in [3.05, 3.63) is 28.3 Å². The van der Waals surface area contributed by atoms with E-state index < -0.39 is 14.9 Å². The Morgan fingerprint density at radius 1 is 1.39 bits per heavy atom. The van der Waals surface area contributed by atoms with Crippen molar-refractivity contribution in [1.29, 1.82) is 0 Å². The summed E-state index contributed by atoms with van der Waals surface area (Å²) in [6, 6.07) is 3.70. The van der Waals surface area contributed by atoms with Crippen LogP contribution < -0.4 is 14.4 Å². The lowest BCUT2D eigenvalue weighted by atomic mass is 10.2. The van der Waals surface area contributed by atoms with E-state index in [4.69, 9.17) is 4.74 Å². The molecule has 0 radical (unpaired) electrons. The number of carbonyl (C=O) groups excluding carboxylic acids is 1. The van der Waals surface area contributed by atoms with Crippen LogP contribution in [-0.2, 0) is 14.8 Å². The molecule has 170 valence electrons. The van der Waals surface area contributed by atoms with Gasteiger partial charge in [-0.25, -0.2) is 8.42 Å². The second-order valence-electron chi connectivity index (χ2n) is 6.32. The maximum Gasteiger partial charge on any atom is 0.271 e. The molecule has 0 spiro atoms. The zero-order valence-electron chi connectivity index (χ0n) is 17.2. The molecular weight excluding hydrogens is 466 g/mol. The van der Waals surface area contributed by atoms with E-state index in [1.165, 1.54) is 30.6 Å². The summed E-state index contributed by atoms with van der Waals surface area (Å²) in [4.78, 5) is 22.7. The van der Waals surface area contributed by atoms with Gasteiger partial charge in [-0.1, -0.05) is 30.0 Å². The molecule has 31 heavy (non-hydrogen) atoms. The minimum atomic E-state index is -3.78. The summed E-state index contributed by atoms with van der Waals surface area (Å²) in [5, 5.41) is 22.0. The van der Waals surface area contributed by atoms with E-state index in [0.717, 1.165) is 33.1 Å². The Bertz CT molecular complexity index is 1030. The molecule has 0 atom stereocenters. The third kappa shape index (κ3) is 7.33. The molecule has 2 rings (SSSR count). The average molecular weight is 490 g/mol. The summed E-state index contributed by atoms with van der Waals surface area (Å²) in [6.07, 6.45) is 2.20. The minimum Gasteiger partial charge on any atom is -0.495 e. The lowest BCUT2D eigenvalue weighted by molar-refractivity contribution is -0.384. The number of anilines is 2. The molecule has 11 nitrogen and oxygen atoms in total. The third-order valence-electron chi connectivity index (χ3n) is 3.89. The highest BCUT2D eigenvalue weighted by atomic mass is 32.2. The molecule has 14 heteroatoms. The monoisotopic (exact) mass is 489 g/mol. The quantitative estimate of drug-likeness (QED) is 0.206. The van der Waals surface area contributed by atoms with E-state index in [2.05, 4.69) is 22.4 Å². The van der Waals surface area contributed by atoms with Crippen LogP contribution in [0.15, 0.2) is 22.5 Å². The predicted molar refractivity (Wildman–Crippen MR) is 121 cm³/mol. The summed E-state index contributed by atoms with van der Waals surface area (Å²) < 4.78 is 31.6. The summed E-state index contributed by atoms with van der Waals surface area (Å²) >= 11 is 2.83. The van der Waals surface area contributed by atoms with Crippen LogP contribution in [-0.4, -0.2) is 55.1 Å². The van der Waals surface area contributed by atoms with Gasteiger partial charge in [-0.15, -0.1) is 10.2 Å². The van der Waals surface area contributed by atoms with E-state index in [9.17, 15) is 23.3 Å². The Labute approximate surface area is 188 Å². The number of hydrogen-bond donors (Lipinski definition) is 1. The van der Waals surface area contributed by atoms with Crippen LogP contribution in [0.25, 0.3) is 0 Å². The fourth-order valence-electron chi connectivity index (χ4n) is 2.52. The van der Waals surface area contributed by atoms with Gasteiger partial charge in [-0.05, 0) is 18.9 Å². The van der Waals surface area contributed by atoms with E-state index >= 15 is 0 Å². The SMILES string of the molecule is CCCSc1nnc(NC(=O)CCCN(c2cc([N+](=O)[O-])ccc2OC)S(C)(=O)=O)s1. The third-order valence-corrected chi connectivity index (χ3v) is 7.25.